The molecule has 0 aliphatic carbocycles. The van der Waals surface area contributed by atoms with E-state index in [2.05, 4.69) is 11.9 Å². The lowest BCUT2D eigenvalue weighted by Gasteiger charge is -2.25. The summed E-state index contributed by atoms with van der Waals surface area (Å²) in [5.74, 6) is 0.0430. The summed E-state index contributed by atoms with van der Waals surface area (Å²) >= 11 is 0. The van der Waals surface area contributed by atoms with Crippen molar-refractivity contribution in [1.82, 2.24) is 9.80 Å². The van der Waals surface area contributed by atoms with Crippen LogP contribution in [0.15, 0.2) is 0 Å². The van der Waals surface area contributed by atoms with Crippen LogP contribution in [0.5, 0.6) is 0 Å². The quantitative estimate of drug-likeness (QED) is 0.600. The fraction of sp³-hybridized carbons (Fsp3) is 0.917. The van der Waals surface area contributed by atoms with Crippen LogP contribution in [-0.4, -0.2) is 75.9 Å². The Bertz CT molecular complexity index is 236. The molecule has 100 valence electrons. The van der Waals surface area contributed by atoms with Gasteiger partial charge in [-0.05, 0) is 26.4 Å². The predicted octanol–water partition coefficient (Wildman–Crippen LogP) is 0.202. The molecule has 1 unspecified atom stereocenters. The van der Waals surface area contributed by atoms with Crippen molar-refractivity contribution in [1.29, 1.82) is 0 Å². The highest BCUT2D eigenvalue weighted by Crippen LogP contribution is 2.15. The second-order valence-corrected chi connectivity index (χ2v) is 4.60. The van der Waals surface area contributed by atoms with E-state index in [9.17, 15) is 4.79 Å². The van der Waals surface area contributed by atoms with Crippen LogP contribution in [0.1, 0.15) is 12.8 Å². The lowest BCUT2D eigenvalue weighted by atomic mass is 10.2. The largest absolute Gasteiger partial charge is 0.382 e. The Kier molecular flexibility index (Phi) is 6.47. The first-order valence-corrected chi connectivity index (χ1v) is 6.16. The third-order valence-electron chi connectivity index (χ3n) is 3.24. The Hall–Kier alpha value is -0.650. The normalized spacial score (nSPS) is 20.8. The number of rotatable bonds is 7. The molecule has 1 atom stereocenters. The Morgan fingerprint density at radius 1 is 1.47 bits per heavy atom. The molecule has 1 saturated heterocycles. The highest BCUT2D eigenvalue weighted by atomic mass is 16.5. The van der Waals surface area contributed by atoms with E-state index in [1.54, 1.807) is 12.0 Å². The predicted molar refractivity (Wildman–Crippen MR) is 66.0 cm³/mol. The smallest absolute Gasteiger partial charge is 0.248 e. The number of hydrogen-bond acceptors (Lipinski definition) is 4. The van der Waals surface area contributed by atoms with Gasteiger partial charge in [-0.15, -0.1) is 0 Å². The maximum Gasteiger partial charge on any atom is 0.248 e. The molecule has 5 heteroatoms. The molecule has 0 N–H and O–H groups in total. The molecule has 5 nitrogen and oxygen atoms in total. The zero-order chi connectivity index (χ0) is 12.7. The fourth-order valence-corrected chi connectivity index (χ4v) is 2.04. The number of hydrogen-bond donors (Lipinski definition) is 0. The lowest BCUT2D eigenvalue weighted by molar-refractivity contribution is -0.135. The van der Waals surface area contributed by atoms with Gasteiger partial charge in [0, 0.05) is 26.7 Å². The highest BCUT2D eigenvalue weighted by Gasteiger charge is 2.23. The molecule has 0 saturated carbocycles. The van der Waals surface area contributed by atoms with Crippen molar-refractivity contribution in [2.45, 2.75) is 18.9 Å². The fourth-order valence-electron chi connectivity index (χ4n) is 2.04. The summed E-state index contributed by atoms with van der Waals surface area (Å²) < 4.78 is 10.1. The van der Waals surface area contributed by atoms with Crippen molar-refractivity contribution in [3.8, 4) is 0 Å². The summed E-state index contributed by atoms with van der Waals surface area (Å²) in [7, 11) is 5.58. The number of ether oxygens (including phenoxy) is 2. The van der Waals surface area contributed by atoms with E-state index in [4.69, 9.17) is 9.47 Å². The number of methoxy groups -OCH3 is 1. The summed E-state index contributed by atoms with van der Waals surface area (Å²) in [6.07, 6.45) is 2.41. The number of carbonyl (C=O) groups excluding carboxylic acids is 1. The summed E-state index contributed by atoms with van der Waals surface area (Å²) in [5, 5.41) is 0. The van der Waals surface area contributed by atoms with Crippen LogP contribution in [-0.2, 0) is 14.3 Å². The molecule has 0 radical (unpaired) electrons. The van der Waals surface area contributed by atoms with Crippen LogP contribution in [0.2, 0.25) is 0 Å². The van der Waals surface area contributed by atoms with Gasteiger partial charge in [0.05, 0.1) is 13.2 Å². The van der Waals surface area contributed by atoms with Crippen molar-refractivity contribution in [3.05, 3.63) is 0 Å². The van der Waals surface area contributed by atoms with E-state index < -0.39 is 0 Å². The minimum atomic E-state index is 0.0430. The lowest BCUT2D eigenvalue weighted by Crippen LogP contribution is -2.41. The number of likely N-dealkylation sites (N-methyl/N-ethyl adjacent to an activating group) is 2. The average Bonchev–Trinajstić information content (AvgIpc) is 2.70. The van der Waals surface area contributed by atoms with Crippen LogP contribution in [0.3, 0.4) is 0 Å². The van der Waals surface area contributed by atoms with Crippen LogP contribution >= 0.6 is 0 Å². The van der Waals surface area contributed by atoms with Crippen LogP contribution in [0.25, 0.3) is 0 Å². The van der Waals surface area contributed by atoms with Gasteiger partial charge in [-0.2, -0.15) is 0 Å². The van der Waals surface area contributed by atoms with Gasteiger partial charge in [-0.3, -0.25) is 4.79 Å². The molecule has 0 aromatic carbocycles. The van der Waals surface area contributed by atoms with E-state index in [1.807, 2.05) is 7.05 Å². The van der Waals surface area contributed by atoms with Gasteiger partial charge in [0.15, 0.2) is 0 Å². The SMILES string of the molecule is COCCOCC(=O)N(C)CC1CCCN1C. The van der Waals surface area contributed by atoms with Crippen molar-refractivity contribution in [2.75, 3.05) is 54.1 Å². The van der Waals surface area contributed by atoms with Gasteiger partial charge >= 0.3 is 0 Å². The molecular formula is C12H24N2O3. The third-order valence-corrected chi connectivity index (χ3v) is 3.24. The molecule has 0 bridgehead atoms. The summed E-state index contributed by atoms with van der Waals surface area (Å²) in [6, 6.07) is 0.503. The summed E-state index contributed by atoms with van der Waals surface area (Å²) in [4.78, 5) is 15.8. The topological polar surface area (TPSA) is 42.0 Å². The molecule has 1 amide bonds. The third kappa shape index (κ3) is 5.02. The van der Waals surface area contributed by atoms with Gasteiger partial charge in [0.25, 0.3) is 0 Å². The standard InChI is InChI=1S/C12H24N2O3/c1-13-6-4-5-11(13)9-14(2)12(15)10-17-8-7-16-3/h11H,4-10H2,1-3H3. The van der Waals surface area contributed by atoms with Crippen molar-refractivity contribution in [2.24, 2.45) is 0 Å². The molecule has 0 aromatic heterocycles. The van der Waals surface area contributed by atoms with Gasteiger partial charge < -0.3 is 19.3 Å². The monoisotopic (exact) mass is 244 g/mol. The summed E-state index contributed by atoms with van der Waals surface area (Å²) in [5.41, 5.74) is 0. The van der Waals surface area contributed by atoms with Gasteiger partial charge in [-0.25, -0.2) is 0 Å². The Balaban J connectivity index is 2.17. The molecule has 0 spiro atoms. The molecule has 0 aromatic rings. The van der Waals surface area contributed by atoms with Crippen LogP contribution in [0.4, 0.5) is 0 Å². The zero-order valence-electron chi connectivity index (χ0n) is 11.1. The van der Waals surface area contributed by atoms with Crippen molar-refractivity contribution >= 4 is 5.91 Å². The molecule has 1 fully saturated rings. The molecule has 1 aliphatic heterocycles. The maximum absolute atomic E-state index is 11.7. The second kappa shape index (κ2) is 7.63. The summed E-state index contributed by atoms with van der Waals surface area (Å²) in [6.45, 7) is 3.08. The maximum atomic E-state index is 11.7. The highest BCUT2D eigenvalue weighted by molar-refractivity contribution is 5.77. The second-order valence-electron chi connectivity index (χ2n) is 4.60. The Labute approximate surface area is 104 Å². The molecule has 1 heterocycles. The van der Waals surface area contributed by atoms with E-state index in [-0.39, 0.29) is 12.5 Å². The van der Waals surface area contributed by atoms with E-state index in [1.165, 1.54) is 12.8 Å². The number of amides is 1. The van der Waals surface area contributed by atoms with E-state index in [0.29, 0.717) is 19.3 Å². The minimum absolute atomic E-state index is 0.0430. The van der Waals surface area contributed by atoms with Crippen molar-refractivity contribution < 1.29 is 14.3 Å². The molecule has 17 heavy (non-hydrogen) atoms. The molecule has 1 aliphatic rings. The van der Waals surface area contributed by atoms with Crippen LogP contribution < -0.4 is 0 Å². The first kappa shape index (κ1) is 14.4. The number of likely N-dealkylation sites (tertiary alicyclic amines) is 1. The van der Waals surface area contributed by atoms with Gasteiger partial charge in [0.2, 0.25) is 5.91 Å². The zero-order valence-corrected chi connectivity index (χ0v) is 11.1. The van der Waals surface area contributed by atoms with Gasteiger partial charge in [0.1, 0.15) is 6.61 Å². The number of carbonyl (C=O) groups is 1. The van der Waals surface area contributed by atoms with Crippen LogP contribution in [0, 0.1) is 0 Å². The average molecular weight is 244 g/mol. The van der Waals surface area contributed by atoms with E-state index >= 15 is 0 Å². The molecule has 1 rings (SSSR count). The van der Waals surface area contributed by atoms with E-state index in [0.717, 1.165) is 13.1 Å². The van der Waals surface area contributed by atoms with Crippen molar-refractivity contribution in [3.63, 3.8) is 0 Å². The minimum Gasteiger partial charge on any atom is -0.382 e. The molecular weight excluding hydrogens is 220 g/mol. The first-order chi connectivity index (χ1) is 8.15. The first-order valence-electron chi connectivity index (χ1n) is 6.16. The Morgan fingerprint density at radius 2 is 2.24 bits per heavy atom. The van der Waals surface area contributed by atoms with Gasteiger partial charge in [-0.1, -0.05) is 0 Å². The number of nitrogens with zero attached hydrogens (tertiary/aromatic N) is 2. The Morgan fingerprint density at radius 3 is 2.82 bits per heavy atom.